The van der Waals surface area contributed by atoms with Gasteiger partial charge in [-0.3, -0.25) is 4.79 Å². The molecule has 0 aliphatic heterocycles. The Hall–Kier alpha value is -2.58. The van der Waals surface area contributed by atoms with Crippen molar-refractivity contribution in [2.45, 2.75) is 26.7 Å². The van der Waals surface area contributed by atoms with Crippen LogP contribution in [0.3, 0.4) is 0 Å². The number of H-pyrrole nitrogens is 1. The van der Waals surface area contributed by atoms with Gasteiger partial charge in [0.05, 0.1) is 24.0 Å². The average molecular weight is 340 g/mol. The molecule has 0 spiro atoms. The van der Waals surface area contributed by atoms with E-state index in [0.29, 0.717) is 11.3 Å². The molecule has 24 heavy (non-hydrogen) atoms. The predicted molar refractivity (Wildman–Crippen MR) is 101 cm³/mol. The summed E-state index contributed by atoms with van der Waals surface area (Å²) in [5.74, 6) is 1.14. The van der Waals surface area contributed by atoms with Gasteiger partial charge >= 0.3 is 0 Å². The van der Waals surface area contributed by atoms with Crippen molar-refractivity contribution in [3.05, 3.63) is 45.1 Å². The maximum Gasteiger partial charge on any atom is 0.190 e. The van der Waals surface area contributed by atoms with Gasteiger partial charge in [0.25, 0.3) is 0 Å². The molecule has 3 rings (SSSR count). The van der Waals surface area contributed by atoms with Gasteiger partial charge < -0.3 is 9.72 Å². The molecule has 0 saturated heterocycles. The van der Waals surface area contributed by atoms with Gasteiger partial charge in [0.2, 0.25) is 0 Å². The zero-order chi connectivity index (χ0) is 17.9. The van der Waals surface area contributed by atoms with E-state index in [1.54, 1.807) is 30.6 Å². The van der Waals surface area contributed by atoms with Crippen LogP contribution in [0.4, 0.5) is 0 Å². The zero-order valence-electron chi connectivity index (χ0n) is 14.2. The number of pyridine rings is 1. The number of hydrogen-bond acceptors (Lipinski definition) is 4. The normalized spacial score (nSPS) is 10.5. The molecule has 0 fully saturated rings. The van der Waals surface area contributed by atoms with Crippen molar-refractivity contribution in [2.24, 2.45) is 0 Å². The number of nitrogens with one attached hydrogen (secondary N) is 1. The van der Waals surface area contributed by atoms with E-state index >= 15 is 0 Å². The van der Waals surface area contributed by atoms with Crippen LogP contribution in [-0.4, -0.2) is 17.1 Å². The first kappa shape index (κ1) is 17.8. The Bertz CT molecular complexity index is 935. The monoisotopic (exact) mass is 340 g/mol. The van der Waals surface area contributed by atoms with Crippen LogP contribution in [0, 0.1) is 19.8 Å². The van der Waals surface area contributed by atoms with E-state index in [0.717, 1.165) is 33.2 Å². The Kier molecular flexibility index (Phi) is 5.42. The second-order valence-corrected chi connectivity index (χ2v) is 6.45. The molecule has 1 N–H and O–H groups in total. The van der Waals surface area contributed by atoms with Gasteiger partial charge in [-0.1, -0.05) is 13.8 Å². The summed E-state index contributed by atoms with van der Waals surface area (Å²) in [7, 11) is 1.63. The van der Waals surface area contributed by atoms with Gasteiger partial charge in [0.1, 0.15) is 10.8 Å². The maximum atomic E-state index is 12.4. The fourth-order valence-electron chi connectivity index (χ4n) is 2.45. The number of aromatic nitrogens is 2. The van der Waals surface area contributed by atoms with Crippen LogP contribution >= 0.6 is 11.3 Å². The lowest BCUT2D eigenvalue weighted by molar-refractivity contribution is 0.412. The van der Waals surface area contributed by atoms with Gasteiger partial charge in [-0.05, 0) is 25.0 Å². The SMILES string of the molecule is C#C.COc1ccc2c(=O)cc(-c3nc(C(C)C)cs3)[nH]c2c1C. The Balaban J connectivity index is 0.00000100. The third-order valence-corrected chi connectivity index (χ3v) is 4.67. The van der Waals surface area contributed by atoms with Crippen molar-refractivity contribution in [3.8, 4) is 29.3 Å². The van der Waals surface area contributed by atoms with Crippen molar-refractivity contribution in [3.63, 3.8) is 0 Å². The van der Waals surface area contributed by atoms with Crippen LogP contribution in [0.1, 0.15) is 31.0 Å². The van der Waals surface area contributed by atoms with Crippen molar-refractivity contribution < 1.29 is 4.74 Å². The first-order valence-corrected chi connectivity index (χ1v) is 8.39. The van der Waals surface area contributed by atoms with E-state index in [-0.39, 0.29) is 5.43 Å². The molecule has 0 bridgehead atoms. The molecule has 2 heterocycles. The highest BCUT2D eigenvalue weighted by Gasteiger charge is 2.12. The Morgan fingerprint density at radius 1 is 1.29 bits per heavy atom. The summed E-state index contributed by atoms with van der Waals surface area (Å²) < 4.78 is 5.34. The predicted octanol–water partition coefficient (Wildman–Crippen LogP) is 4.34. The van der Waals surface area contributed by atoms with Gasteiger partial charge in [-0.2, -0.15) is 0 Å². The lowest BCUT2D eigenvalue weighted by Gasteiger charge is -2.09. The average Bonchev–Trinajstić information content (AvgIpc) is 3.08. The number of thiazole rings is 1. The zero-order valence-corrected chi connectivity index (χ0v) is 15.0. The molecule has 0 unspecified atom stereocenters. The van der Waals surface area contributed by atoms with E-state index in [2.05, 4.69) is 36.7 Å². The molecular formula is C19H20N2O2S. The van der Waals surface area contributed by atoms with Crippen LogP contribution in [0.5, 0.6) is 5.75 Å². The lowest BCUT2D eigenvalue weighted by atomic mass is 10.1. The van der Waals surface area contributed by atoms with E-state index in [1.165, 1.54) is 0 Å². The van der Waals surface area contributed by atoms with Gasteiger partial charge in [0.15, 0.2) is 5.43 Å². The number of fused-ring (bicyclic) bond motifs is 1. The Labute approximate surface area is 145 Å². The number of aryl methyl sites for hydroxylation is 1. The molecule has 0 aliphatic rings. The number of methoxy groups -OCH3 is 1. The Morgan fingerprint density at radius 3 is 2.58 bits per heavy atom. The second-order valence-electron chi connectivity index (χ2n) is 5.59. The molecule has 0 amide bonds. The summed E-state index contributed by atoms with van der Waals surface area (Å²) in [5.41, 5.74) is 3.53. The standard InChI is InChI=1S/C17H18N2O2S.C2H2/c1-9(2)13-8-22-17(19-13)12-7-14(20)11-5-6-15(21-4)10(3)16(11)18-12;1-2/h5-9H,1-4H3,(H,18,20);1-2H. The number of rotatable bonds is 3. The van der Waals surface area contributed by atoms with Crippen LogP contribution < -0.4 is 10.2 Å². The molecule has 2 aromatic heterocycles. The molecule has 0 radical (unpaired) electrons. The van der Waals surface area contributed by atoms with E-state index in [1.807, 2.05) is 18.4 Å². The fraction of sp³-hybridized carbons (Fsp3) is 0.263. The van der Waals surface area contributed by atoms with Gasteiger partial charge in [0, 0.05) is 22.4 Å². The van der Waals surface area contributed by atoms with Crippen molar-refractivity contribution >= 4 is 22.2 Å². The molecule has 4 nitrogen and oxygen atoms in total. The smallest absolute Gasteiger partial charge is 0.190 e. The minimum atomic E-state index is -0.00389. The molecule has 124 valence electrons. The lowest BCUT2D eigenvalue weighted by Crippen LogP contribution is -2.04. The topological polar surface area (TPSA) is 55.0 Å². The molecule has 1 aromatic carbocycles. The number of terminal acetylenes is 1. The van der Waals surface area contributed by atoms with Crippen molar-refractivity contribution in [1.82, 2.24) is 9.97 Å². The molecule has 0 saturated carbocycles. The van der Waals surface area contributed by atoms with E-state index in [9.17, 15) is 4.79 Å². The third kappa shape index (κ3) is 3.19. The summed E-state index contributed by atoms with van der Waals surface area (Å²) in [6.07, 6.45) is 8.00. The highest BCUT2D eigenvalue weighted by atomic mass is 32.1. The number of aromatic amines is 1. The number of benzene rings is 1. The van der Waals surface area contributed by atoms with Gasteiger partial charge in [-0.25, -0.2) is 4.98 Å². The van der Waals surface area contributed by atoms with Crippen molar-refractivity contribution in [2.75, 3.05) is 7.11 Å². The number of nitrogens with zero attached hydrogens (tertiary/aromatic N) is 1. The highest BCUT2D eigenvalue weighted by Crippen LogP contribution is 2.28. The summed E-state index contributed by atoms with van der Waals surface area (Å²) in [4.78, 5) is 20.3. The van der Waals surface area contributed by atoms with Crippen LogP contribution in [0.25, 0.3) is 21.6 Å². The minimum Gasteiger partial charge on any atom is -0.496 e. The van der Waals surface area contributed by atoms with Crippen LogP contribution in [-0.2, 0) is 0 Å². The quantitative estimate of drug-likeness (QED) is 0.722. The van der Waals surface area contributed by atoms with Crippen LogP contribution in [0.2, 0.25) is 0 Å². The van der Waals surface area contributed by atoms with E-state index < -0.39 is 0 Å². The largest absolute Gasteiger partial charge is 0.496 e. The minimum absolute atomic E-state index is 0.00389. The maximum absolute atomic E-state index is 12.4. The second kappa shape index (κ2) is 7.33. The summed E-state index contributed by atoms with van der Waals surface area (Å²) in [6, 6.07) is 5.25. The van der Waals surface area contributed by atoms with Gasteiger partial charge in [-0.15, -0.1) is 24.2 Å². The summed E-state index contributed by atoms with van der Waals surface area (Å²) in [5, 5.41) is 3.55. The number of hydrogen-bond donors (Lipinski definition) is 1. The number of ether oxygens (including phenoxy) is 1. The molecule has 5 heteroatoms. The summed E-state index contributed by atoms with van der Waals surface area (Å²) >= 11 is 1.55. The van der Waals surface area contributed by atoms with Crippen LogP contribution in [0.15, 0.2) is 28.4 Å². The third-order valence-electron chi connectivity index (χ3n) is 3.78. The fourth-order valence-corrected chi connectivity index (χ4v) is 3.40. The van der Waals surface area contributed by atoms with Crippen molar-refractivity contribution in [1.29, 1.82) is 0 Å². The molecule has 3 aromatic rings. The Morgan fingerprint density at radius 2 is 2.00 bits per heavy atom. The molecule has 0 atom stereocenters. The molecule has 0 aliphatic carbocycles. The first-order valence-electron chi connectivity index (χ1n) is 7.51. The molecular weight excluding hydrogens is 320 g/mol. The first-order chi connectivity index (χ1) is 11.5. The van der Waals surface area contributed by atoms with E-state index in [4.69, 9.17) is 4.74 Å². The summed E-state index contributed by atoms with van der Waals surface area (Å²) in [6.45, 7) is 6.16. The highest BCUT2D eigenvalue weighted by molar-refractivity contribution is 7.13.